The lowest BCUT2D eigenvalue weighted by atomic mass is 9.95. The topological polar surface area (TPSA) is 148 Å². The Balaban J connectivity index is 1.42. The molecule has 12 nitrogen and oxygen atoms in total. The number of benzene rings is 2. The molecule has 12 heteroatoms. The maximum Gasteiger partial charge on any atom is 0.323 e. The molecule has 3 aromatic rings. The number of aliphatic hydroxyl groups is 1. The first-order valence-corrected chi connectivity index (χ1v) is 20.1. The maximum atomic E-state index is 14.5. The van der Waals surface area contributed by atoms with Crippen LogP contribution in [0.1, 0.15) is 95.8 Å². The van der Waals surface area contributed by atoms with Crippen LogP contribution in [0.5, 0.6) is 17.2 Å². The van der Waals surface area contributed by atoms with Gasteiger partial charge < -0.3 is 33.6 Å². The largest absolute Gasteiger partial charge is 0.507 e. The van der Waals surface area contributed by atoms with Gasteiger partial charge in [0, 0.05) is 29.3 Å². The van der Waals surface area contributed by atoms with Crippen molar-refractivity contribution in [1.82, 2.24) is 9.80 Å². The first-order valence-electron chi connectivity index (χ1n) is 20.1. The molecule has 5 rings (SSSR count). The summed E-state index contributed by atoms with van der Waals surface area (Å²) in [7, 11) is 1.43. The molecule has 2 N–H and O–H groups in total. The number of fused-ring (bicyclic) bond motifs is 2. The lowest BCUT2D eigenvalue weighted by molar-refractivity contribution is -0.145. The van der Waals surface area contributed by atoms with Gasteiger partial charge in [-0.15, -0.1) is 0 Å². The van der Waals surface area contributed by atoms with Crippen molar-refractivity contribution >= 4 is 34.4 Å². The Morgan fingerprint density at radius 1 is 0.839 bits per heavy atom. The zero-order valence-electron chi connectivity index (χ0n) is 33.8. The molecule has 56 heavy (non-hydrogen) atoms. The Morgan fingerprint density at radius 3 is 2.05 bits per heavy atom. The van der Waals surface area contributed by atoms with Crippen molar-refractivity contribution in [3.8, 4) is 17.2 Å². The third-order valence-corrected chi connectivity index (χ3v) is 10.9. The molecule has 3 heterocycles. The molecule has 0 radical (unpaired) electrons. The number of phenolic OH excluding ortho intramolecular Hbond substituents is 1. The van der Waals surface area contributed by atoms with Gasteiger partial charge in [-0.1, -0.05) is 23.3 Å². The summed E-state index contributed by atoms with van der Waals surface area (Å²) in [6, 6.07) is 3.42. The molecule has 2 atom stereocenters. The number of nitrogens with zero attached hydrogens (tertiary/aromatic N) is 2. The smallest absolute Gasteiger partial charge is 0.323 e. The van der Waals surface area contributed by atoms with Crippen LogP contribution in [-0.4, -0.2) is 97.6 Å². The van der Waals surface area contributed by atoms with Crippen LogP contribution in [0.15, 0.2) is 44.6 Å². The predicted octanol–water partition coefficient (Wildman–Crippen LogP) is 6.75. The summed E-state index contributed by atoms with van der Waals surface area (Å²) in [5.74, 6) is 0.520. The molecule has 0 aliphatic carbocycles. The highest BCUT2D eigenvalue weighted by molar-refractivity contribution is 5.97. The van der Waals surface area contributed by atoms with Gasteiger partial charge in [0.05, 0.1) is 32.3 Å². The van der Waals surface area contributed by atoms with Gasteiger partial charge in [-0.2, -0.15) is 0 Å². The Kier molecular flexibility index (Phi) is 15.8. The van der Waals surface area contributed by atoms with Gasteiger partial charge in [-0.05, 0) is 124 Å². The first-order chi connectivity index (χ1) is 27.1. The van der Waals surface area contributed by atoms with E-state index >= 15 is 0 Å². The molecule has 2 aliphatic heterocycles. The number of aliphatic hydroxyl groups excluding tert-OH is 1. The molecule has 2 fully saturated rings. The van der Waals surface area contributed by atoms with E-state index in [9.17, 15) is 24.6 Å². The Bertz CT molecular complexity index is 1940. The summed E-state index contributed by atoms with van der Waals surface area (Å²) in [5, 5.41) is 22.9. The number of ether oxygens (including phenoxy) is 4. The van der Waals surface area contributed by atoms with E-state index in [1.807, 2.05) is 39.8 Å². The van der Waals surface area contributed by atoms with Crippen molar-refractivity contribution in [2.75, 3.05) is 53.1 Å². The van der Waals surface area contributed by atoms with Crippen molar-refractivity contribution in [3.05, 3.63) is 62.3 Å². The zero-order chi connectivity index (χ0) is 40.2. The predicted molar refractivity (Wildman–Crippen MR) is 217 cm³/mol. The lowest BCUT2D eigenvalue weighted by Gasteiger charge is -2.23. The normalized spacial score (nSPS) is 17.3. The number of rotatable bonds is 21. The molecule has 0 saturated carbocycles. The van der Waals surface area contributed by atoms with Crippen LogP contribution >= 0.6 is 0 Å². The van der Waals surface area contributed by atoms with E-state index in [-0.39, 0.29) is 46.8 Å². The Morgan fingerprint density at radius 2 is 1.43 bits per heavy atom. The molecule has 1 aromatic heterocycles. The quantitative estimate of drug-likeness (QED) is 0.0388. The van der Waals surface area contributed by atoms with Gasteiger partial charge in [0.25, 0.3) is 6.47 Å². The zero-order valence-corrected chi connectivity index (χ0v) is 33.8. The molecule has 2 aliphatic rings. The van der Waals surface area contributed by atoms with E-state index < -0.39 is 0 Å². The highest BCUT2D eigenvalue weighted by Gasteiger charge is 2.31. The Labute approximate surface area is 330 Å². The fourth-order valence-corrected chi connectivity index (χ4v) is 7.95. The van der Waals surface area contributed by atoms with Crippen molar-refractivity contribution in [3.63, 3.8) is 0 Å². The molecular formula is C44H60N2O10. The third-order valence-electron chi connectivity index (χ3n) is 10.9. The molecule has 0 bridgehead atoms. The van der Waals surface area contributed by atoms with Gasteiger partial charge in [-0.3, -0.25) is 24.2 Å². The van der Waals surface area contributed by atoms with E-state index in [1.165, 1.54) is 7.11 Å². The number of unbranched alkanes of at least 4 members (excludes halogenated alkanes) is 2. The number of esters is 1. The van der Waals surface area contributed by atoms with Gasteiger partial charge in [0.15, 0.2) is 0 Å². The number of hydrogen-bond donors (Lipinski definition) is 2. The van der Waals surface area contributed by atoms with Crippen LogP contribution in [0.3, 0.4) is 0 Å². The highest BCUT2D eigenvalue weighted by atomic mass is 16.5. The van der Waals surface area contributed by atoms with Gasteiger partial charge in [-0.25, -0.2) is 0 Å². The van der Waals surface area contributed by atoms with Crippen molar-refractivity contribution < 1.29 is 43.2 Å². The second-order valence-corrected chi connectivity index (χ2v) is 15.4. The summed E-state index contributed by atoms with van der Waals surface area (Å²) < 4.78 is 29.1. The fraction of sp³-hybridized carbons (Fsp3) is 0.568. The van der Waals surface area contributed by atoms with Crippen molar-refractivity contribution in [2.24, 2.45) is 0 Å². The standard InChI is InChI=1S/C44H60N2O10/c1-29(2)14-16-32-34(26-47)37(55-23-8-6-18-45-20-10-12-31(45)27-53-28-48)25-38-40(32)43(50)41-39(56-38)24-36(33(42(41)49)17-15-30(3)4)54-22-9-7-19-46-21-11-13-35(46)44(51)52-5/h14-15,24-25,28,31,35,47,49H,6-13,16-23,26-27H2,1-5H3/t31-,35-/m1/s1. The molecule has 2 aromatic carbocycles. The maximum absolute atomic E-state index is 14.5. The van der Waals surface area contributed by atoms with Crippen LogP contribution in [0.25, 0.3) is 21.9 Å². The molecule has 306 valence electrons. The summed E-state index contributed by atoms with van der Waals surface area (Å²) in [4.78, 5) is 41.9. The van der Waals surface area contributed by atoms with E-state index in [1.54, 1.807) is 12.1 Å². The number of hydrogen-bond acceptors (Lipinski definition) is 12. The van der Waals surface area contributed by atoms with E-state index in [4.69, 9.17) is 23.4 Å². The number of likely N-dealkylation sites (tertiary alicyclic amines) is 2. The number of phenols is 1. The van der Waals surface area contributed by atoms with E-state index in [0.717, 1.165) is 88.7 Å². The Hall–Kier alpha value is -4.39. The lowest BCUT2D eigenvalue weighted by Crippen LogP contribution is -2.37. The van der Waals surface area contributed by atoms with Crippen LogP contribution in [0.4, 0.5) is 0 Å². The summed E-state index contributed by atoms with van der Waals surface area (Å²) in [6.07, 6.45) is 11.7. The minimum atomic E-state index is -0.383. The van der Waals surface area contributed by atoms with Crippen LogP contribution < -0.4 is 14.9 Å². The molecular weight excluding hydrogens is 716 g/mol. The van der Waals surface area contributed by atoms with Crippen molar-refractivity contribution in [2.45, 2.75) is 111 Å². The third kappa shape index (κ3) is 10.5. The first kappa shape index (κ1) is 42.7. The van der Waals surface area contributed by atoms with Gasteiger partial charge in [0.2, 0.25) is 5.43 Å². The van der Waals surface area contributed by atoms with E-state index in [0.29, 0.717) is 78.3 Å². The van der Waals surface area contributed by atoms with E-state index in [2.05, 4.69) is 9.80 Å². The SMILES string of the molecule is COC(=O)[C@H]1CCCN1CCCCOc1cc2oc3cc(OCCCCN4CCC[C@@H]4COC=O)c(CO)c(CC=C(C)C)c3c(=O)c2c(O)c1CC=C(C)C. The molecule has 0 amide bonds. The number of methoxy groups -OCH3 is 1. The second-order valence-electron chi connectivity index (χ2n) is 15.4. The second kappa shape index (κ2) is 20.7. The molecule has 0 unspecified atom stereocenters. The molecule has 0 spiro atoms. The number of aromatic hydroxyl groups is 1. The van der Waals surface area contributed by atoms with Gasteiger partial charge in [0.1, 0.15) is 46.4 Å². The number of carbonyl (C=O) groups is 2. The van der Waals surface area contributed by atoms with Crippen LogP contribution in [0.2, 0.25) is 0 Å². The van der Waals surface area contributed by atoms with Crippen molar-refractivity contribution in [1.29, 1.82) is 0 Å². The average Bonchev–Trinajstić information content (AvgIpc) is 3.84. The summed E-state index contributed by atoms with van der Waals surface area (Å²) in [6.45, 7) is 12.7. The summed E-state index contributed by atoms with van der Waals surface area (Å²) >= 11 is 0. The minimum absolute atomic E-state index is 0.0691. The molecule has 2 saturated heterocycles. The monoisotopic (exact) mass is 776 g/mol. The number of carbonyl (C=O) groups excluding carboxylic acids is 2. The van der Waals surface area contributed by atoms with Crippen LogP contribution in [0, 0.1) is 0 Å². The average molecular weight is 777 g/mol. The number of allylic oxidation sites excluding steroid dienone is 4. The van der Waals surface area contributed by atoms with Crippen LogP contribution in [-0.2, 0) is 38.5 Å². The minimum Gasteiger partial charge on any atom is -0.507 e. The van der Waals surface area contributed by atoms with Gasteiger partial charge >= 0.3 is 5.97 Å². The fourth-order valence-electron chi connectivity index (χ4n) is 7.95. The highest BCUT2D eigenvalue weighted by Crippen LogP contribution is 2.39. The summed E-state index contributed by atoms with van der Waals surface area (Å²) in [5.41, 5.74) is 3.84.